The Morgan fingerprint density at radius 2 is 1.79 bits per heavy atom. The lowest BCUT2D eigenvalue weighted by Gasteiger charge is -2.49. The Morgan fingerprint density at radius 3 is 2.41 bits per heavy atom. The number of amides is 3. The topological polar surface area (TPSA) is 86.8 Å². The fourth-order valence-electron chi connectivity index (χ4n) is 4.72. The van der Waals surface area contributed by atoms with Crippen molar-refractivity contribution in [3.63, 3.8) is 0 Å². The van der Waals surface area contributed by atoms with E-state index in [1.807, 2.05) is 44.2 Å². The van der Waals surface area contributed by atoms with E-state index < -0.39 is 21.2 Å². The molecular formula is C21H29N3O4S. The van der Waals surface area contributed by atoms with E-state index >= 15 is 0 Å². The third-order valence-electron chi connectivity index (χ3n) is 6.81. The van der Waals surface area contributed by atoms with Gasteiger partial charge in [-0.1, -0.05) is 30.3 Å². The maximum absolute atomic E-state index is 13.0. The monoisotopic (exact) mass is 419 g/mol. The molecule has 1 aromatic carbocycles. The molecule has 4 atom stereocenters. The molecule has 2 aliphatic carbocycles. The summed E-state index contributed by atoms with van der Waals surface area (Å²) in [4.78, 5) is 28.8. The summed E-state index contributed by atoms with van der Waals surface area (Å²) in [7, 11) is -2.00. The molecule has 2 saturated carbocycles. The minimum Gasteiger partial charge on any atom is -0.314 e. The second-order valence-corrected chi connectivity index (χ2v) is 11.0. The first-order valence-electron chi connectivity index (χ1n) is 10.3. The van der Waals surface area contributed by atoms with Crippen LogP contribution in [0.2, 0.25) is 0 Å². The normalized spacial score (nSPS) is 30.1. The molecule has 0 bridgehead atoms. The van der Waals surface area contributed by atoms with Crippen LogP contribution < -0.4 is 4.72 Å². The van der Waals surface area contributed by atoms with Gasteiger partial charge in [0.05, 0.1) is 17.2 Å². The van der Waals surface area contributed by atoms with Crippen LogP contribution in [0.3, 0.4) is 0 Å². The van der Waals surface area contributed by atoms with Crippen LogP contribution in [0.4, 0.5) is 4.79 Å². The zero-order valence-electron chi connectivity index (χ0n) is 17.2. The summed E-state index contributed by atoms with van der Waals surface area (Å²) in [5, 5.41) is -0.597. The number of imide groups is 1. The molecule has 0 aromatic heterocycles. The molecule has 1 aromatic rings. The van der Waals surface area contributed by atoms with Gasteiger partial charge >= 0.3 is 6.03 Å². The molecule has 4 rings (SSSR count). The van der Waals surface area contributed by atoms with E-state index in [-0.39, 0.29) is 36.0 Å². The first-order valence-corrected chi connectivity index (χ1v) is 11.9. The van der Waals surface area contributed by atoms with Gasteiger partial charge in [-0.3, -0.25) is 9.69 Å². The standard InChI is InChI=1S/C21H29N3O4S/c1-14(15-7-5-4-6-8-15)24-18-10-9-16(29(27,28)22-21(2)11-12-21)13-17(18)19(25)23(3)20(24)26/h4-8,14,16-18,22H,9-13H2,1-3H3/t14-,16?,17?,18?/m0/s1. The Balaban J connectivity index is 1.59. The van der Waals surface area contributed by atoms with Crippen LogP contribution in [0.15, 0.2) is 30.3 Å². The average molecular weight is 420 g/mol. The molecular weight excluding hydrogens is 390 g/mol. The largest absolute Gasteiger partial charge is 0.327 e. The highest BCUT2D eigenvalue weighted by Gasteiger charge is 2.52. The molecule has 8 heteroatoms. The van der Waals surface area contributed by atoms with E-state index in [0.717, 1.165) is 23.3 Å². The SMILES string of the molecule is C[C@@H](c1ccccc1)N1C(=O)N(C)C(=O)C2CC(S(=O)(=O)NC3(C)CC3)CCC21. The van der Waals surface area contributed by atoms with Crippen molar-refractivity contribution >= 4 is 22.0 Å². The minimum absolute atomic E-state index is 0.191. The van der Waals surface area contributed by atoms with Gasteiger partial charge in [0.15, 0.2) is 0 Å². The summed E-state index contributed by atoms with van der Waals surface area (Å²) in [6, 6.07) is 8.96. The first kappa shape index (κ1) is 20.3. The molecule has 1 N–H and O–H groups in total. The highest BCUT2D eigenvalue weighted by atomic mass is 32.2. The van der Waals surface area contributed by atoms with Gasteiger partial charge < -0.3 is 4.90 Å². The zero-order valence-corrected chi connectivity index (χ0v) is 18.0. The Hall–Kier alpha value is -1.93. The van der Waals surface area contributed by atoms with Crippen molar-refractivity contribution in [3.8, 4) is 0 Å². The Morgan fingerprint density at radius 1 is 1.14 bits per heavy atom. The van der Waals surface area contributed by atoms with E-state index in [9.17, 15) is 18.0 Å². The van der Waals surface area contributed by atoms with Gasteiger partial charge in [-0.15, -0.1) is 0 Å². The van der Waals surface area contributed by atoms with Crippen LogP contribution in [0.25, 0.3) is 0 Å². The second kappa shape index (κ2) is 7.09. The van der Waals surface area contributed by atoms with Gasteiger partial charge in [-0.05, 0) is 51.5 Å². The van der Waals surface area contributed by atoms with Gasteiger partial charge in [0.2, 0.25) is 15.9 Å². The number of carbonyl (C=O) groups excluding carboxylic acids is 2. The fraction of sp³-hybridized carbons (Fsp3) is 0.619. The zero-order chi connectivity index (χ0) is 21.0. The highest BCUT2D eigenvalue weighted by molar-refractivity contribution is 7.90. The predicted molar refractivity (Wildman–Crippen MR) is 109 cm³/mol. The number of hydrogen-bond acceptors (Lipinski definition) is 4. The van der Waals surface area contributed by atoms with Gasteiger partial charge in [-0.25, -0.2) is 17.9 Å². The lowest BCUT2D eigenvalue weighted by molar-refractivity contribution is -0.139. The van der Waals surface area contributed by atoms with E-state index in [2.05, 4.69) is 4.72 Å². The van der Waals surface area contributed by atoms with E-state index in [1.165, 1.54) is 7.05 Å². The maximum Gasteiger partial charge on any atom is 0.327 e. The van der Waals surface area contributed by atoms with Crippen molar-refractivity contribution in [2.75, 3.05) is 7.05 Å². The lowest BCUT2D eigenvalue weighted by atomic mass is 9.80. The third kappa shape index (κ3) is 3.68. The molecule has 0 radical (unpaired) electrons. The number of benzene rings is 1. The molecule has 29 heavy (non-hydrogen) atoms. The summed E-state index contributed by atoms with van der Waals surface area (Å²) in [6.45, 7) is 3.88. The molecule has 1 saturated heterocycles. The van der Waals surface area contributed by atoms with E-state index in [1.54, 1.807) is 4.90 Å². The Labute approximate surface area is 172 Å². The van der Waals surface area contributed by atoms with Crippen LogP contribution in [0.5, 0.6) is 0 Å². The quantitative estimate of drug-likeness (QED) is 0.795. The van der Waals surface area contributed by atoms with Gasteiger partial charge in [0, 0.05) is 18.6 Å². The van der Waals surface area contributed by atoms with Crippen LogP contribution >= 0.6 is 0 Å². The van der Waals surface area contributed by atoms with Crippen molar-refractivity contribution < 1.29 is 18.0 Å². The molecule has 0 spiro atoms. The first-order chi connectivity index (χ1) is 13.6. The van der Waals surface area contributed by atoms with Crippen molar-refractivity contribution in [2.45, 2.75) is 68.8 Å². The smallest absolute Gasteiger partial charge is 0.314 e. The number of hydrogen-bond donors (Lipinski definition) is 1. The summed E-state index contributed by atoms with van der Waals surface area (Å²) in [5.41, 5.74) is 0.674. The predicted octanol–water partition coefficient (Wildman–Crippen LogP) is 2.65. The molecule has 1 heterocycles. The van der Waals surface area contributed by atoms with Crippen molar-refractivity contribution in [1.29, 1.82) is 0 Å². The molecule has 3 amide bonds. The fourth-order valence-corrected chi connectivity index (χ4v) is 6.68. The molecule has 3 unspecified atom stereocenters. The van der Waals surface area contributed by atoms with Crippen LogP contribution in [0, 0.1) is 5.92 Å². The maximum atomic E-state index is 13.0. The molecule has 3 fully saturated rings. The number of rotatable bonds is 5. The number of carbonyl (C=O) groups is 2. The molecule has 3 aliphatic rings. The third-order valence-corrected chi connectivity index (χ3v) is 8.89. The van der Waals surface area contributed by atoms with Crippen molar-refractivity contribution in [1.82, 2.24) is 14.5 Å². The average Bonchev–Trinajstić information content (AvgIpc) is 3.42. The van der Waals surface area contributed by atoms with E-state index in [4.69, 9.17) is 0 Å². The Bertz CT molecular complexity index is 913. The second-order valence-electron chi connectivity index (χ2n) is 8.99. The number of fused-ring (bicyclic) bond motifs is 1. The minimum atomic E-state index is -3.50. The summed E-state index contributed by atoms with van der Waals surface area (Å²) >= 11 is 0. The Kier molecular flexibility index (Phi) is 4.98. The molecule has 1 aliphatic heterocycles. The summed E-state index contributed by atoms with van der Waals surface area (Å²) in [6.07, 6.45) is 2.92. The van der Waals surface area contributed by atoms with Gasteiger partial charge in [0.1, 0.15) is 0 Å². The van der Waals surface area contributed by atoms with Crippen LogP contribution in [-0.4, -0.2) is 54.0 Å². The number of nitrogens with one attached hydrogen (secondary N) is 1. The van der Waals surface area contributed by atoms with Crippen LogP contribution in [-0.2, 0) is 14.8 Å². The van der Waals surface area contributed by atoms with Gasteiger partial charge in [-0.2, -0.15) is 0 Å². The number of urea groups is 1. The number of sulfonamides is 1. The highest BCUT2D eigenvalue weighted by Crippen LogP contribution is 2.42. The van der Waals surface area contributed by atoms with Gasteiger partial charge in [0.25, 0.3) is 0 Å². The van der Waals surface area contributed by atoms with E-state index in [0.29, 0.717) is 12.8 Å². The van der Waals surface area contributed by atoms with Crippen molar-refractivity contribution in [3.05, 3.63) is 35.9 Å². The molecule has 158 valence electrons. The summed E-state index contributed by atoms with van der Waals surface area (Å²) < 4.78 is 28.6. The lowest BCUT2D eigenvalue weighted by Crippen LogP contribution is -2.63. The summed E-state index contributed by atoms with van der Waals surface area (Å²) in [5.74, 6) is -0.764. The molecule has 7 nitrogen and oxygen atoms in total. The van der Waals surface area contributed by atoms with Crippen molar-refractivity contribution in [2.24, 2.45) is 5.92 Å². The number of nitrogens with zero attached hydrogens (tertiary/aromatic N) is 2. The van der Waals surface area contributed by atoms with Crippen LogP contribution in [0.1, 0.15) is 57.6 Å².